The standard InChI is InChI=1S/C8H15NO/c1-4-6-9(5-2)7-8(3)10/h4H,1,5-7H2,2-3H3. The van der Waals surface area contributed by atoms with Crippen LogP contribution in [0.4, 0.5) is 0 Å². The van der Waals surface area contributed by atoms with Crippen molar-refractivity contribution in [1.82, 2.24) is 4.90 Å². The third-order valence-electron chi connectivity index (χ3n) is 1.28. The molecule has 0 aromatic carbocycles. The molecule has 0 radical (unpaired) electrons. The minimum absolute atomic E-state index is 0.212. The number of hydrogen-bond donors (Lipinski definition) is 0. The lowest BCUT2D eigenvalue weighted by Gasteiger charge is -2.15. The fraction of sp³-hybridized carbons (Fsp3) is 0.625. The summed E-state index contributed by atoms with van der Waals surface area (Å²) >= 11 is 0. The van der Waals surface area contributed by atoms with Crippen LogP contribution in [-0.4, -0.2) is 30.3 Å². The molecule has 0 amide bonds. The quantitative estimate of drug-likeness (QED) is 0.534. The third kappa shape index (κ3) is 4.27. The summed E-state index contributed by atoms with van der Waals surface area (Å²) in [6, 6.07) is 0. The maximum absolute atomic E-state index is 10.6. The molecular formula is C8H15NO. The number of carbonyl (C=O) groups is 1. The van der Waals surface area contributed by atoms with E-state index in [1.165, 1.54) is 0 Å². The first-order valence-electron chi connectivity index (χ1n) is 3.53. The van der Waals surface area contributed by atoms with Crippen LogP contribution in [0, 0.1) is 0 Å². The molecule has 0 atom stereocenters. The monoisotopic (exact) mass is 141 g/mol. The number of hydrogen-bond acceptors (Lipinski definition) is 2. The molecule has 0 bridgehead atoms. The van der Waals surface area contributed by atoms with E-state index in [0.717, 1.165) is 13.1 Å². The van der Waals surface area contributed by atoms with Gasteiger partial charge >= 0.3 is 0 Å². The number of nitrogens with zero attached hydrogens (tertiary/aromatic N) is 1. The summed E-state index contributed by atoms with van der Waals surface area (Å²) in [5.41, 5.74) is 0. The number of likely N-dealkylation sites (N-methyl/N-ethyl adjacent to an activating group) is 1. The highest BCUT2D eigenvalue weighted by molar-refractivity contribution is 5.77. The van der Waals surface area contributed by atoms with E-state index in [-0.39, 0.29) is 5.78 Å². The number of carbonyl (C=O) groups excluding carboxylic acids is 1. The van der Waals surface area contributed by atoms with Gasteiger partial charge in [0, 0.05) is 6.54 Å². The molecule has 0 saturated heterocycles. The van der Waals surface area contributed by atoms with Gasteiger partial charge in [-0.15, -0.1) is 6.58 Å². The first-order chi connectivity index (χ1) is 4.70. The smallest absolute Gasteiger partial charge is 0.143 e. The highest BCUT2D eigenvalue weighted by Crippen LogP contribution is 1.87. The lowest BCUT2D eigenvalue weighted by Crippen LogP contribution is -2.28. The van der Waals surface area contributed by atoms with Crippen LogP contribution in [0.25, 0.3) is 0 Å². The van der Waals surface area contributed by atoms with Crippen molar-refractivity contribution >= 4 is 5.78 Å². The fourth-order valence-corrected chi connectivity index (χ4v) is 0.803. The molecular weight excluding hydrogens is 126 g/mol. The van der Waals surface area contributed by atoms with Gasteiger partial charge in [0.2, 0.25) is 0 Å². The Kier molecular flexibility index (Phi) is 4.85. The van der Waals surface area contributed by atoms with Crippen molar-refractivity contribution in [2.75, 3.05) is 19.6 Å². The molecule has 0 N–H and O–H groups in total. The van der Waals surface area contributed by atoms with Gasteiger partial charge in [0.05, 0.1) is 6.54 Å². The third-order valence-corrected chi connectivity index (χ3v) is 1.28. The van der Waals surface area contributed by atoms with Gasteiger partial charge < -0.3 is 0 Å². The maximum atomic E-state index is 10.6. The second kappa shape index (κ2) is 5.18. The largest absolute Gasteiger partial charge is 0.299 e. The summed E-state index contributed by atoms with van der Waals surface area (Å²) in [7, 11) is 0. The molecule has 0 aromatic heterocycles. The van der Waals surface area contributed by atoms with Crippen LogP contribution in [0.15, 0.2) is 12.7 Å². The van der Waals surface area contributed by atoms with Crippen LogP contribution in [0.1, 0.15) is 13.8 Å². The molecule has 0 aliphatic carbocycles. The topological polar surface area (TPSA) is 20.3 Å². The zero-order valence-electron chi connectivity index (χ0n) is 6.76. The van der Waals surface area contributed by atoms with Crippen molar-refractivity contribution in [3.05, 3.63) is 12.7 Å². The maximum Gasteiger partial charge on any atom is 0.143 e. The van der Waals surface area contributed by atoms with E-state index in [0.29, 0.717) is 6.54 Å². The molecule has 0 spiro atoms. The highest BCUT2D eigenvalue weighted by Gasteiger charge is 2.00. The van der Waals surface area contributed by atoms with Crippen molar-refractivity contribution in [1.29, 1.82) is 0 Å². The van der Waals surface area contributed by atoms with Gasteiger partial charge in [0.25, 0.3) is 0 Å². The molecule has 0 saturated carbocycles. The number of rotatable bonds is 5. The van der Waals surface area contributed by atoms with Crippen molar-refractivity contribution in [2.24, 2.45) is 0 Å². The normalized spacial score (nSPS) is 9.90. The first-order valence-corrected chi connectivity index (χ1v) is 3.53. The van der Waals surface area contributed by atoms with E-state index in [1.807, 2.05) is 17.9 Å². The first kappa shape index (κ1) is 9.37. The molecule has 0 fully saturated rings. The Labute approximate surface area is 62.5 Å². The van der Waals surface area contributed by atoms with E-state index in [2.05, 4.69) is 6.58 Å². The molecule has 10 heavy (non-hydrogen) atoms. The van der Waals surface area contributed by atoms with Crippen LogP contribution in [0.5, 0.6) is 0 Å². The van der Waals surface area contributed by atoms with Crippen molar-refractivity contribution < 1.29 is 4.79 Å². The molecule has 0 aliphatic rings. The molecule has 0 heterocycles. The molecule has 0 unspecified atom stereocenters. The summed E-state index contributed by atoms with van der Waals surface area (Å²) in [5.74, 6) is 0.212. The highest BCUT2D eigenvalue weighted by atomic mass is 16.1. The SMILES string of the molecule is C=CCN(CC)CC(C)=O. The van der Waals surface area contributed by atoms with Crippen molar-refractivity contribution in [3.8, 4) is 0 Å². The minimum atomic E-state index is 0.212. The second-order valence-electron chi connectivity index (χ2n) is 2.32. The summed E-state index contributed by atoms with van der Waals surface area (Å²) in [6.45, 7) is 9.49. The lowest BCUT2D eigenvalue weighted by atomic mass is 10.4. The van der Waals surface area contributed by atoms with Gasteiger partial charge in [0.15, 0.2) is 0 Å². The van der Waals surface area contributed by atoms with E-state index in [9.17, 15) is 4.79 Å². The van der Waals surface area contributed by atoms with E-state index < -0.39 is 0 Å². The van der Waals surface area contributed by atoms with Gasteiger partial charge in [-0.1, -0.05) is 13.0 Å². The van der Waals surface area contributed by atoms with Crippen LogP contribution in [0.3, 0.4) is 0 Å². The van der Waals surface area contributed by atoms with Crippen LogP contribution < -0.4 is 0 Å². The summed E-state index contributed by atoms with van der Waals surface area (Å²) < 4.78 is 0. The van der Waals surface area contributed by atoms with Gasteiger partial charge in [-0.25, -0.2) is 0 Å². The Morgan fingerprint density at radius 2 is 2.30 bits per heavy atom. The average Bonchev–Trinajstić information content (AvgIpc) is 1.86. The van der Waals surface area contributed by atoms with Gasteiger partial charge in [-0.05, 0) is 13.5 Å². The van der Waals surface area contributed by atoms with Crippen LogP contribution >= 0.6 is 0 Å². The molecule has 2 nitrogen and oxygen atoms in total. The fourth-order valence-electron chi connectivity index (χ4n) is 0.803. The van der Waals surface area contributed by atoms with Crippen molar-refractivity contribution in [2.45, 2.75) is 13.8 Å². The summed E-state index contributed by atoms with van der Waals surface area (Å²) in [4.78, 5) is 12.6. The average molecular weight is 141 g/mol. The number of ketones is 1. The Bertz CT molecular complexity index is 120. The molecule has 0 aliphatic heterocycles. The van der Waals surface area contributed by atoms with Crippen LogP contribution in [-0.2, 0) is 4.79 Å². The summed E-state index contributed by atoms with van der Waals surface area (Å²) in [6.07, 6.45) is 1.81. The predicted molar refractivity (Wildman–Crippen MR) is 43.0 cm³/mol. The van der Waals surface area contributed by atoms with E-state index in [1.54, 1.807) is 6.92 Å². The predicted octanol–water partition coefficient (Wildman–Crippen LogP) is 1.08. The molecule has 58 valence electrons. The Hall–Kier alpha value is -0.630. The van der Waals surface area contributed by atoms with Gasteiger partial charge in [0.1, 0.15) is 5.78 Å². The summed E-state index contributed by atoms with van der Waals surface area (Å²) in [5, 5.41) is 0. The van der Waals surface area contributed by atoms with Crippen LogP contribution in [0.2, 0.25) is 0 Å². The zero-order valence-corrected chi connectivity index (χ0v) is 6.76. The van der Waals surface area contributed by atoms with E-state index >= 15 is 0 Å². The van der Waals surface area contributed by atoms with E-state index in [4.69, 9.17) is 0 Å². The zero-order chi connectivity index (χ0) is 7.98. The Morgan fingerprint density at radius 1 is 1.70 bits per heavy atom. The molecule has 0 aromatic rings. The molecule has 0 rings (SSSR count). The minimum Gasteiger partial charge on any atom is -0.299 e. The van der Waals surface area contributed by atoms with Crippen molar-refractivity contribution in [3.63, 3.8) is 0 Å². The van der Waals surface area contributed by atoms with Gasteiger partial charge in [-0.3, -0.25) is 9.69 Å². The van der Waals surface area contributed by atoms with Gasteiger partial charge in [-0.2, -0.15) is 0 Å². The molecule has 2 heteroatoms. The second-order valence-corrected chi connectivity index (χ2v) is 2.32. The lowest BCUT2D eigenvalue weighted by molar-refractivity contribution is -0.117. The Morgan fingerprint density at radius 3 is 2.60 bits per heavy atom. The Balaban J connectivity index is 3.59. The number of Topliss-reactive ketones (excluding diaryl/α,β-unsaturated/α-hetero) is 1.